The van der Waals surface area contributed by atoms with E-state index in [4.69, 9.17) is 4.74 Å². The van der Waals surface area contributed by atoms with Crippen molar-refractivity contribution in [1.82, 2.24) is 4.90 Å². The van der Waals surface area contributed by atoms with E-state index in [2.05, 4.69) is 4.74 Å². The third-order valence-corrected chi connectivity index (χ3v) is 5.34. The molecule has 156 valence electrons. The van der Waals surface area contributed by atoms with Gasteiger partial charge in [-0.25, -0.2) is 4.79 Å². The fourth-order valence-corrected chi connectivity index (χ4v) is 3.49. The standard InChI is InChI=1S/C16H19F3N2O6S/c1-3-26-15(23)21(28(24,25)16(17,18)19)13-7-5-4-6-12(13)10-20-8-9-27-11(2)14(20)22/h4-7,11H,3,8-10H2,1-2H3. The van der Waals surface area contributed by atoms with Crippen LogP contribution in [-0.4, -0.2) is 56.7 Å². The smallest absolute Gasteiger partial charge is 0.449 e. The average Bonchev–Trinajstić information content (AvgIpc) is 2.59. The van der Waals surface area contributed by atoms with E-state index in [0.717, 1.165) is 6.07 Å². The van der Waals surface area contributed by atoms with Gasteiger partial charge in [0.2, 0.25) is 0 Å². The quantitative estimate of drug-likeness (QED) is 0.720. The summed E-state index contributed by atoms with van der Waals surface area (Å²) in [5.74, 6) is -0.401. The number of carbonyl (C=O) groups excluding carboxylic acids is 2. The minimum Gasteiger partial charge on any atom is -0.449 e. The minimum absolute atomic E-state index is 0.0332. The second-order valence-corrected chi connectivity index (χ2v) is 7.59. The van der Waals surface area contributed by atoms with Gasteiger partial charge in [-0.05, 0) is 25.5 Å². The van der Waals surface area contributed by atoms with E-state index in [9.17, 15) is 31.2 Å². The van der Waals surface area contributed by atoms with Crippen LogP contribution in [0.2, 0.25) is 0 Å². The van der Waals surface area contributed by atoms with Crippen LogP contribution in [0.5, 0.6) is 0 Å². The highest BCUT2D eigenvalue weighted by Crippen LogP contribution is 2.34. The first kappa shape index (κ1) is 22.0. The van der Waals surface area contributed by atoms with Crippen molar-refractivity contribution >= 4 is 27.7 Å². The van der Waals surface area contributed by atoms with Gasteiger partial charge in [-0.1, -0.05) is 18.2 Å². The van der Waals surface area contributed by atoms with Crippen LogP contribution in [0.15, 0.2) is 24.3 Å². The van der Waals surface area contributed by atoms with Gasteiger partial charge in [-0.2, -0.15) is 25.9 Å². The van der Waals surface area contributed by atoms with Gasteiger partial charge in [-0.15, -0.1) is 0 Å². The Morgan fingerprint density at radius 3 is 2.61 bits per heavy atom. The zero-order chi connectivity index (χ0) is 21.1. The molecule has 1 atom stereocenters. The predicted molar refractivity (Wildman–Crippen MR) is 91.7 cm³/mol. The maximum absolute atomic E-state index is 13.2. The van der Waals surface area contributed by atoms with E-state index in [0.29, 0.717) is 0 Å². The van der Waals surface area contributed by atoms with Gasteiger partial charge in [0, 0.05) is 13.1 Å². The minimum atomic E-state index is -6.07. The number of nitrogens with zero attached hydrogens (tertiary/aromatic N) is 2. The van der Waals surface area contributed by atoms with E-state index in [1.165, 1.54) is 36.9 Å². The van der Waals surface area contributed by atoms with Crippen molar-refractivity contribution in [3.05, 3.63) is 29.8 Å². The van der Waals surface area contributed by atoms with Crippen LogP contribution in [0.4, 0.5) is 23.7 Å². The van der Waals surface area contributed by atoms with Crippen LogP contribution in [0.3, 0.4) is 0 Å². The second kappa shape index (κ2) is 8.35. The number of amides is 2. The predicted octanol–water partition coefficient (Wildman–Crippen LogP) is 2.25. The molecule has 1 saturated heterocycles. The molecule has 0 aliphatic carbocycles. The first-order chi connectivity index (χ1) is 13.0. The molecule has 1 aromatic carbocycles. The molecule has 28 heavy (non-hydrogen) atoms. The molecule has 2 amide bonds. The number of hydrogen-bond donors (Lipinski definition) is 0. The number of rotatable bonds is 5. The molecular formula is C16H19F3N2O6S. The number of alkyl halides is 3. The van der Waals surface area contributed by atoms with Crippen molar-refractivity contribution in [2.45, 2.75) is 32.0 Å². The first-order valence-electron chi connectivity index (χ1n) is 8.27. The summed E-state index contributed by atoms with van der Waals surface area (Å²) in [5.41, 5.74) is -6.23. The van der Waals surface area contributed by atoms with E-state index in [1.54, 1.807) is 0 Å². The van der Waals surface area contributed by atoms with Gasteiger partial charge in [0.1, 0.15) is 6.10 Å². The summed E-state index contributed by atoms with van der Waals surface area (Å²) < 4.78 is 72.8. The Balaban J connectivity index is 2.50. The lowest BCUT2D eigenvalue weighted by atomic mass is 10.1. The zero-order valence-electron chi connectivity index (χ0n) is 15.1. The highest BCUT2D eigenvalue weighted by Gasteiger charge is 2.53. The maximum Gasteiger partial charge on any atom is 0.517 e. The van der Waals surface area contributed by atoms with Crippen LogP contribution in [0.25, 0.3) is 0 Å². The molecule has 0 aromatic heterocycles. The Labute approximate surface area is 159 Å². The van der Waals surface area contributed by atoms with Crippen LogP contribution in [0, 0.1) is 0 Å². The SMILES string of the molecule is CCOC(=O)N(c1ccccc1CN1CCOC(C)C1=O)S(=O)(=O)C(F)(F)F. The largest absolute Gasteiger partial charge is 0.517 e. The second-order valence-electron chi connectivity index (χ2n) is 5.82. The van der Waals surface area contributed by atoms with Crippen molar-refractivity contribution < 1.29 is 40.7 Å². The monoisotopic (exact) mass is 424 g/mol. The van der Waals surface area contributed by atoms with Crippen molar-refractivity contribution in [2.75, 3.05) is 24.1 Å². The summed E-state index contributed by atoms with van der Waals surface area (Å²) >= 11 is 0. The number of para-hydroxylation sites is 1. The lowest BCUT2D eigenvalue weighted by molar-refractivity contribution is -0.152. The lowest BCUT2D eigenvalue weighted by Crippen LogP contribution is -2.47. The molecular weight excluding hydrogens is 405 g/mol. The van der Waals surface area contributed by atoms with Crippen molar-refractivity contribution in [3.8, 4) is 0 Å². The fourth-order valence-electron chi connectivity index (χ4n) is 2.60. The number of morpholine rings is 1. The van der Waals surface area contributed by atoms with Crippen LogP contribution >= 0.6 is 0 Å². The number of halogens is 3. The van der Waals surface area contributed by atoms with Crippen LogP contribution in [-0.2, 0) is 30.8 Å². The van der Waals surface area contributed by atoms with Crippen molar-refractivity contribution in [2.24, 2.45) is 0 Å². The summed E-state index contributed by atoms with van der Waals surface area (Å²) in [6.07, 6.45) is -2.42. The summed E-state index contributed by atoms with van der Waals surface area (Å²) in [6.45, 7) is 2.71. The molecule has 0 saturated carbocycles. The first-order valence-corrected chi connectivity index (χ1v) is 9.71. The normalized spacial score (nSPS) is 18.1. The lowest BCUT2D eigenvalue weighted by Gasteiger charge is -2.32. The highest BCUT2D eigenvalue weighted by atomic mass is 32.2. The highest BCUT2D eigenvalue weighted by molar-refractivity contribution is 7.94. The number of ether oxygens (including phenoxy) is 2. The van der Waals surface area contributed by atoms with Gasteiger partial charge in [0.25, 0.3) is 5.91 Å². The molecule has 1 aliphatic heterocycles. The number of sulfonamides is 1. The van der Waals surface area contributed by atoms with E-state index in [-0.39, 0.29) is 31.9 Å². The molecule has 0 N–H and O–H groups in total. The molecule has 0 radical (unpaired) electrons. The summed E-state index contributed by atoms with van der Waals surface area (Å²) in [5, 5.41) is 0. The number of carbonyl (C=O) groups is 2. The molecule has 1 fully saturated rings. The van der Waals surface area contributed by atoms with Gasteiger partial charge in [-0.3, -0.25) is 4.79 Å². The van der Waals surface area contributed by atoms with E-state index >= 15 is 0 Å². The number of hydrogen-bond acceptors (Lipinski definition) is 6. The molecule has 1 aliphatic rings. The van der Waals surface area contributed by atoms with Crippen molar-refractivity contribution in [1.29, 1.82) is 0 Å². The summed E-state index contributed by atoms with van der Waals surface area (Å²) in [4.78, 5) is 25.6. The Morgan fingerprint density at radius 2 is 2.00 bits per heavy atom. The molecule has 8 nitrogen and oxygen atoms in total. The van der Waals surface area contributed by atoms with Gasteiger partial charge in [0.15, 0.2) is 0 Å². The topological polar surface area (TPSA) is 93.2 Å². The van der Waals surface area contributed by atoms with Gasteiger partial charge < -0.3 is 14.4 Å². The Hall–Kier alpha value is -2.34. The Morgan fingerprint density at radius 1 is 1.36 bits per heavy atom. The molecule has 2 rings (SSSR count). The number of anilines is 1. The molecule has 0 spiro atoms. The molecule has 1 aromatic rings. The van der Waals surface area contributed by atoms with Crippen LogP contribution < -0.4 is 4.31 Å². The summed E-state index contributed by atoms with van der Waals surface area (Å²) in [7, 11) is -6.07. The fraction of sp³-hybridized carbons (Fsp3) is 0.500. The number of benzene rings is 1. The third kappa shape index (κ3) is 4.38. The van der Waals surface area contributed by atoms with Crippen LogP contribution in [0.1, 0.15) is 19.4 Å². The molecule has 12 heteroatoms. The van der Waals surface area contributed by atoms with Gasteiger partial charge >= 0.3 is 21.6 Å². The third-order valence-electron chi connectivity index (χ3n) is 3.93. The van der Waals surface area contributed by atoms with Crippen molar-refractivity contribution in [3.63, 3.8) is 0 Å². The summed E-state index contributed by atoms with van der Waals surface area (Å²) in [6, 6.07) is 5.11. The molecule has 1 unspecified atom stereocenters. The zero-order valence-corrected chi connectivity index (χ0v) is 15.9. The maximum atomic E-state index is 13.2. The Bertz CT molecular complexity index is 843. The molecule has 1 heterocycles. The van der Waals surface area contributed by atoms with E-state index in [1.807, 2.05) is 0 Å². The van der Waals surface area contributed by atoms with E-state index < -0.39 is 43.6 Å². The van der Waals surface area contributed by atoms with Gasteiger partial charge in [0.05, 0.1) is 18.9 Å². The molecule has 0 bridgehead atoms. The Kier molecular flexibility index (Phi) is 6.55. The average molecular weight is 424 g/mol.